The number of fused-ring (bicyclic) bond motifs is 2. The van der Waals surface area contributed by atoms with Gasteiger partial charge >= 0.3 is 18.2 Å². The molecule has 39 heavy (non-hydrogen) atoms. The molecule has 0 aromatic carbocycles. The number of pyridine rings is 2. The minimum absolute atomic E-state index is 0.130. The van der Waals surface area contributed by atoms with E-state index in [0.717, 1.165) is 48.9 Å². The van der Waals surface area contributed by atoms with Gasteiger partial charge in [0, 0.05) is 67.5 Å². The number of nitrogens with one attached hydrogen (secondary N) is 2. The van der Waals surface area contributed by atoms with E-state index in [9.17, 15) is 18.0 Å². The number of carbonyl (C=O) groups excluding carboxylic acids is 1. The molecule has 0 bridgehead atoms. The third-order valence-electron chi connectivity index (χ3n) is 7.62. The molecule has 3 aromatic heterocycles. The average Bonchev–Trinajstić information content (AvgIpc) is 3.80. The number of nitrogens with zero attached hydrogens (tertiary/aromatic N) is 5. The second-order valence-corrected chi connectivity index (χ2v) is 10.5. The summed E-state index contributed by atoms with van der Waals surface area (Å²) in [6.07, 6.45) is 6.61. The number of rotatable bonds is 3. The summed E-state index contributed by atoms with van der Waals surface area (Å²) in [5.41, 5.74) is 5.59. The SMILES string of the molecule is O=C(Nc1ccc2nc(C3CC3)cn2c1)N1CCc2c(N3CCNC4(CC4)C3)ccnc21.O=C(O)C(F)(F)F. The van der Waals surface area contributed by atoms with Gasteiger partial charge in [-0.1, -0.05) is 0 Å². The second-order valence-electron chi connectivity index (χ2n) is 10.5. The van der Waals surface area contributed by atoms with Gasteiger partial charge < -0.3 is 25.0 Å². The number of aromatic nitrogens is 3. The zero-order valence-electron chi connectivity index (χ0n) is 21.0. The van der Waals surface area contributed by atoms with Crippen molar-refractivity contribution in [3.63, 3.8) is 0 Å². The van der Waals surface area contributed by atoms with Crippen molar-refractivity contribution in [2.24, 2.45) is 0 Å². The number of piperazine rings is 1. The Morgan fingerprint density at radius 3 is 2.59 bits per heavy atom. The molecule has 7 rings (SSSR count). The molecule has 3 N–H and O–H groups in total. The van der Waals surface area contributed by atoms with E-state index in [1.807, 2.05) is 28.9 Å². The molecule has 2 saturated carbocycles. The molecule has 5 heterocycles. The van der Waals surface area contributed by atoms with Crippen LogP contribution < -0.4 is 20.4 Å². The number of carboxylic acid groups (broad SMARTS) is 1. The fraction of sp³-hybridized carbons (Fsp3) is 0.462. The van der Waals surface area contributed by atoms with Gasteiger partial charge in [-0.25, -0.2) is 19.6 Å². The predicted octanol–water partition coefficient (Wildman–Crippen LogP) is 3.78. The lowest BCUT2D eigenvalue weighted by atomic mass is 10.1. The molecule has 3 aromatic rings. The van der Waals surface area contributed by atoms with E-state index in [1.54, 1.807) is 4.90 Å². The Hall–Kier alpha value is -3.87. The van der Waals surface area contributed by atoms with E-state index in [2.05, 4.69) is 32.8 Å². The van der Waals surface area contributed by atoms with E-state index in [1.165, 1.54) is 36.9 Å². The Labute approximate surface area is 221 Å². The number of aliphatic carboxylic acids is 1. The highest BCUT2D eigenvalue weighted by atomic mass is 19.4. The Kier molecular flexibility index (Phi) is 6.12. The van der Waals surface area contributed by atoms with Gasteiger partial charge in [0.05, 0.1) is 11.4 Å². The monoisotopic (exact) mass is 543 g/mol. The van der Waals surface area contributed by atoms with Crippen LogP contribution in [0.4, 0.5) is 35.2 Å². The van der Waals surface area contributed by atoms with Gasteiger partial charge in [-0.05, 0) is 50.3 Å². The minimum atomic E-state index is -5.08. The lowest BCUT2D eigenvalue weighted by Gasteiger charge is -2.36. The summed E-state index contributed by atoms with van der Waals surface area (Å²) in [6.45, 7) is 3.71. The minimum Gasteiger partial charge on any atom is -0.475 e. The maximum absolute atomic E-state index is 13.2. The Morgan fingerprint density at radius 1 is 1.13 bits per heavy atom. The number of alkyl halides is 3. The van der Waals surface area contributed by atoms with Crippen LogP contribution in [0, 0.1) is 0 Å². The second kappa shape index (κ2) is 9.40. The summed E-state index contributed by atoms with van der Waals surface area (Å²) < 4.78 is 33.7. The summed E-state index contributed by atoms with van der Waals surface area (Å²) >= 11 is 0. The standard InChI is InChI=1S/C24H27N7O.C2HF3O2/c32-23(27-17-3-4-21-28-19(16-1-2-16)14-30(21)13-17)31-11-6-18-20(5-9-25-22(18)31)29-12-10-26-24(15-29)7-8-24;3-2(4,5)1(6)7/h3-5,9,13-14,16,26H,1-2,6-8,10-12,15H2,(H,27,32);(H,6,7). The summed E-state index contributed by atoms with van der Waals surface area (Å²) in [5, 5.41) is 13.9. The number of hydrogen-bond acceptors (Lipinski definition) is 6. The maximum atomic E-state index is 13.2. The largest absolute Gasteiger partial charge is 0.490 e. The van der Waals surface area contributed by atoms with Gasteiger partial charge in [-0.2, -0.15) is 13.2 Å². The molecule has 0 unspecified atom stereocenters. The van der Waals surface area contributed by atoms with Gasteiger partial charge in [0.15, 0.2) is 0 Å². The van der Waals surface area contributed by atoms with Crippen molar-refractivity contribution >= 4 is 34.8 Å². The molecule has 2 aliphatic carbocycles. The van der Waals surface area contributed by atoms with Gasteiger partial charge in [-0.3, -0.25) is 4.90 Å². The number of halogens is 3. The van der Waals surface area contributed by atoms with Crippen LogP contribution in [0.25, 0.3) is 5.65 Å². The van der Waals surface area contributed by atoms with Gasteiger partial charge in [0.1, 0.15) is 11.5 Å². The van der Waals surface area contributed by atoms with Crippen molar-refractivity contribution in [2.75, 3.05) is 41.3 Å². The van der Waals surface area contributed by atoms with E-state index in [4.69, 9.17) is 14.9 Å². The zero-order chi connectivity index (χ0) is 27.4. The first kappa shape index (κ1) is 25.4. The molecule has 1 spiro atoms. The average molecular weight is 544 g/mol. The van der Waals surface area contributed by atoms with Gasteiger partial charge in [0.25, 0.3) is 0 Å². The highest BCUT2D eigenvalue weighted by Gasteiger charge is 2.46. The van der Waals surface area contributed by atoms with Crippen LogP contribution in [0.5, 0.6) is 0 Å². The quantitative estimate of drug-likeness (QED) is 0.461. The van der Waals surface area contributed by atoms with Crippen molar-refractivity contribution in [3.05, 3.63) is 48.0 Å². The predicted molar refractivity (Wildman–Crippen MR) is 137 cm³/mol. The number of anilines is 3. The molecule has 3 fully saturated rings. The molecule has 2 aliphatic heterocycles. The first-order valence-corrected chi connectivity index (χ1v) is 13.0. The summed E-state index contributed by atoms with van der Waals surface area (Å²) in [6, 6.07) is 5.88. The van der Waals surface area contributed by atoms with Crippen molar-refractivity contribution in [1.82, 2.24) is 19.7 Å². The number of hydrogen-bond donors (Lipinski definition) is 3. The fourth-order valence-corrected chi connectivity index (χ4v) is 5.27. The molecule has 1 saturated heterocycles. The van der Waals surface area contributed by atoms with E-state index in [0.29, 0.717) is 18.0 Å². The number of carbonyl (C=O) groups is 2. The Bertz CT molecular complexity index is 1430. The summed E-state index contributed by atoms with van der Waals surface area (Å²) in [4.78, 5) is 35.6. The van der Waals surface area contributed by atoms with Crippen LogP contribution in [0.1, 0.15) is 42.9 Å². The first-order valence-electron chi connectivity index (χ1n) is 13.0. The van der Waals surface area contributed by atoms with Crippen molar-refractivity contribution in [2.45, 2.75) is 49.7 Å². The molecule has 0 atom stereocenters. The Balaban J connectivity index is 0.000000353. The number of amides is 2. The molecular weight excluding hydrogens is 515 g/mol. The third-order valence-corrected chi connectivity index (χ3v) is 7.62. The smallest absolute Gasteiger partial charge is 0.475 e. The van der Waals surface area contributed by atoms with Crippen LogP contribution >= 0.6 is 0 Å². The van der Waals surface area contributed by atoms with Crippen LogP contribution in [-0.4, -0.2) is 69.4 Å². The molecule has 0 radical (unpaired) electrons. The third kappa shape index (κ3) is 5.22. The van der Waals surface area contributed by atoms with E-state index >= 15 is 0 Å². The molecule has 4 aliphatic rings. The topological polar surface area (TPSA) is 115 Å². The highest BCUT2D eigenvalue weighted by molar-refractivity contribution is 6.03. The Morgan fingerprint density at radius 2 is 1.90 bits per heavy atom. The summed E-state index contributed by atoms with van der Waals surface area (Å²) in [7, 11) is 0. The van der Waals surface area contributed by atoms with Gasteiger partial charge in [0.2, 0.25) is 0 Å². The van der Waals surface area contributed by atoms with E-state index < -0.39 is 12.1 Å². The normalized spacial score (nSPS) is 19.5. The fourth-order valence-electron chi connectivity index (χ4n) is 5.27. The first-order chi connectivity index (χ1) is 18.6. The molecule has 206 valence electrons. The zero-order valence-corrected chi connectivity index (χ0v) is 21.0. The van der Waals surface area contributed by atoms with Crippen molar-refractivity contribution in [1.29, 1.82) is 0 Å². The number of imidazole rings is 1. The molecule has 10 nitrogen and oxygen atoms in total. The van der Waals surface area contributed by atoms with E-state index in [-0.39, 0.29) is 6.03 Å². The van der Waals surface area contributed by atoms with Crippen LogP contribution in [0.3, 0.4) is 0 Å². The summed E-state index contributed by atoms with van der Waals surface area (Å²) in [5.74, 6) is -1.35. The molecule has 2 amide bonds. The van der Waals surface area contributed by atoms with Crippen molar-refractivity contribution in [3.8, 4) is 0 Å². The number of urea groups is 1. The van der Waals surface area contributed by atoms with Crippen LogP contribution in [0.15, 0.2) is 36.8 Å². The van der Waals surface area contributed by atoms with Crippen molar-refractivity contribution < 1.29 is 27.9 Å². The lowest BCUT2D eigenvalue weighted by Crippen LogP contribution is -2.52. The molecule has 13 heteroatoms. The van der Waals surface area contributed by atoms with Crippen LogP contribution in [0.2, 0.25) is 0 Å². The van der Waals surface area contributed by atoms with Gasteiger partial charge in [-0.15, -0.1) is 0 Å². The lowest BCUT2D eigenvalue weighted by molar-refractivity contribution is -0.192. The number of carboxylic acids is 1. The van der Waals surface area contributed by atoms with Crippen LogP contribution in [-0.2, 0) is 11.2 Å². The molecular formula is C26H28F3N7O3. The highest BCUT2D eigenvalue weighted by Crippen LogP contribution is 2.41. The maximum Gasteiger partial charge on any atom is 0.490 e.